The highest BCUT2D eigenvalue weighted by atomic mass is 35.5. The standard InChI is InChI=1S/C25H20Cl2O2S/c1-15-11-16(2)13-18(12-15)24(28)23-21-14-19(27)5-8-22(21)30-25(23)17-3-6-20(7-4-17)29-10-9-26/h3-8,11-14H,9-10H2,1-2H3. The molecule has 0 amide bonds. The number of halogens is 2. The summed E-state index contributed by atoms with van der Waals surface area (Å²) in [6, 6.07) is 19.4. The van der Waals surface area contributed by atoms with E-state index in [4.69, 9.17) is 27.9 Å². The van der Waals surface area contributed by atoms with Gasteiger partial charge in [-0.05, 0) is 74.0 Å². The lowest BCUT2D eigenvalue weighted by atomic mass is 9.95. The van der Waals surface area contributed by atoms with Crippen LogP contribution in [0.2, 0.25) is 5.02 Å². The first kappa shape index (κ1) is 20.9. The van der Waals surface area contributed by atoms with E-state index in [0.29, 0.717) is 28.6 Å². The minimum atomic E-state index is 0.00721. The topological polar surface area (TPSA) is 26.3 Å². The van der Waals surface area contributed by atoms with Crippen LogP contribution in [0.25, 0.3) is 20.5 Å². The molecule has 30 heavy (non-hydrogen) atoms. The van der Waals surface area contributed by atoms with Gasteiger partial charge in [0.25, 0.3) is 0 Å². The Labute approximate surface area is 190 Å². The van der Waals surface area contributed by atoms with Crippen molar-refractivity contribution in [1.82, 2.24) is 0 Å². The molecular formula is C25H20Cl2O2S. The average Bonchev–Trinajstić information content (AvgIpc) is 3.10. The zero-order valence-corrected chi connectivity index (χ0v) is 19.0. The van der Waals surface area contributed by atoms with Crippen molar-refractivity contribution in [3.05, 3.63) is 87.9 Å². The number of aryl methyl sites for hydroxylation is 2. The van der Waals surface area contributed by atoms with Gasteiger partial charge < -0.3 is 4.74 Å². The lowest BCUT2D eigenvalue weighted by molar-refractivity contribution is 0.104. The van der Waals surface area contributed by atoms with E-state index >= 15 is 0 Å². The molecule has 0 unspecified atom stereocenters. The van der Waals surface area contributed by atoms with Crippen LogP contribution in [0.15, 0.2) is 60.7 Å². The molecule has 2 nitrogen and oxygen atoms in total. The summed E-state index contributed by atoms with van der Waals surface area (Å²) in [5.41, 5.74) is 4.49. The lowest BCUT2D eigenvalue weighted by Gasteiger charge is -2.08. The molecule has 4 aromatic rings. The first-order valence-corrected chi connectivity index (χ1v) is 11.3. The Balaban J connectivity index is 1.87. The Hall–Kier alpha value is -2.33. The molecule has 3 aromatic carbocycles. The van der Waals surface area contributed by atoms with E-state index in [1.54, 1.807) is 11.3 Å². The molecule has 0 fully saturated rings. The minimum Gasteiger partial charge on any atom is -0.492 e. The lowest BCUT2D eigenvalue weighted by Crippen LogP contribution is -2.03. The molecule has 5 heteroatoms. The van der Waals surface area contributed by atoms with E-state index in [1.807, 2.05) is 68.4 Å². The third-order valence-electron chi connectivity index (χ3n) is 4.82. The van der Waals surface area contributed by atoms with Gasteiger partial charge in [0.1, 0.15) is 12.4 Å². The van der Waals surface area contributed by atoms with E-state index in [-0.39, 0.29) is 5.78 Å². The molecule has 1 heterocycles. The number of fused-ring (bicyclic) bond motifs is 1. The predicted molar refractivity (Wildman–Crippen MR) is 128 cm³/mol. The number of carbonyl (C=O) groups is 1. The average molecular weight is 455 g/mol. The number of rotatable bonds is 6. The molecule has 0 N–H and O–H groups in total. The van der Waals surface area contributed by atoms with Crippen molar-refractivity contribution >= 4 is 50.4 Å². The maximum absolute atomic E-state index is 13.7. The summed E-state index contributed by atoms with van der Waals surface area (Å²) in [5.74, 6) is 1.20. The molecule has 0 aliphatic rings. The maximum atomic E-state index is 13.7. The molecule has 1 aromatic heterocycles. The van der Waals surface area contributed by atoms with E-state index in [2.05, 4.69) is 6.07 Å². The van der Waals surface area contributed by atoms with Gasteiger partial charge in [0.15, 0.2) is 5.78 Å². The van der Waals surface area contributed by atoms with Gasteiger partial charge in [-0.25, -0.2) is 0 Å². The Kier molecular flexibility index (Phi) is 6.14. The predicted octanol–water partition coefficient (Wildman–Crippen LogP) is 7.69. The molecule has 0 aliphatic carbocycles. The SMILES string of the molecule is Cc1cc(C)cc(C(=O)c2c(-c3ccc(OCCCl)cc3)sc3ccc(Cl)cc23)c1. The Morgan fingerprint density at radius 3 is 2.33 bits per heavy atom. The summed E-state index contributed by atoms with van der Waals surface area (Å²) in [5, 5.41) is 1.50. The number of alkyl halides is 1. The van der Waals surface area contributed by atoms with Crippen LogP contribution < -0.4 is 4.74 Å². The van der Waals surface area contributed by atoms with Crippen LogP contribution in [-0.4, -0.2) is 18.3 Å². The van der Waals surface area contributed by atoms with Gasteiger partial charge in [0, 0.05) is 31.1 Å². The number of carbonyl (C=O) groups excluding carboxylic acids is 1. The monoisotopic (exact) mass is 454 g/mol. The van der Waals surface area contributed by atoms with Crippen LogP contribution in [0.4, 0.5) is 0 Å². The minimum absolute atomic E-state index is 0.00721. The molecule has 0 saturated carbocycles. The van der Waals surface area contributed by atoms with Gasteiger partial charge in [-0.2, -0.15) is 0 Å². The number of ether oxygens (including phenoxy) is 1. The Morgan fingerprint density at radius 2 is 1.67 bits per heavy atom. The van der Waals surface area contributed by atoms with Crippen molar-refractivity contribution in [3.63, 3.8) is 0 Å². The summed E-state index contributed by atoms with van der Waals surface area (Å²) in [6.07, 6.45) is 0. The normalized spacial score (nSPS) is 11.1. The van der Waals surface area contributed by atoms with Crippen LogP contribution in [0, 0.1) is 13.8 Å². The summed E-state index contributed by atoms with van der Waals surface area (Å²) >= 11 is 13.6. The third kappa shape index (κ3) is 4.24. The van der Waals surface area contributed by atoms with Gasteiger partial charge in [-0.3, -0.25) is 4.79 Å². The highest BCUT2D eigenvalue weighted by Gasteiger charge is 2.22. The number of hydrogen-bond donors (Lipinski definition) is 0. The Bertz CT molecular complexity index is 1210. The number of thiophene rings is 1. The fourth-order valence-corrected chi connectivity index (χ4v) is 5.04. The molecular weight excluding hydrogens is 435 g/mol. The first-order valence-electron chi connectivity index (χ1n) is 9.60. The fraction of sp³-hybridized carbons (Fsp3) is 0.160. The molecule has 0 radical (unpaired) electrons. The zero-order chi connectivity index (χ0) is 21.3. The van der Waals surface area contributed by atoms with Gasteiger partial charge in [0.2, 0.25) is 0 Å². The zero-order valence-electron chi connectivity index (χ0n) is 16.7. The van der Waals surface area contributed by atoms with Crippen molar-refractivity contribution in [3.8, 4) is 16.2 Å². The number of ketones is 1. The second kappa shape index (κ2) is 8.81. The largest absolute Gasteiger partial charge is 0.492 e. The molecule has 4 rings (SSSR count). The van der Waals surface area contributed by atoms with E-state index in [1.165, 1.54) is 0 Å². The van der Waals surface area contributed by atoms with E-state index in [9.17, 15) is 4.79 Å². The van der Waals surface area contributed by atoms with Gasteiger partial charge in [-0.1, -0.05) is 28.8 Å². The Morgan fingerprint density at radius 1 is 0.967 bits per heavy atom. The molecule has 0 atom stereocenters. The van der Waals surface area contributed by atoms with Crippen LogP contribution in [0.1, 0.15) is 27.0 Å². The highest BCUT2D eigenvalue weighted by Crippen LogP contribution is 2.41. The van der Waals surface area contributed by atoms with Crippen LogP contribution >= 0.6 is 34.5 Å². The van der Waals surface area contributed by atoms with Crippen molar-refractivity contribution in [2.45, 2.75) is 13.8 Å². The molecule has 0 bridgehead atoms. The summed E-state index contributed by atoms with van der Waals surface area (Å²) in [4.78, 5) is 14.6. The summed E-state index contributed by atoms with van der Waals surface area (Å²) in [7, 11) is 0. The molecule has 0 spiro atoms. The second-order valence-corrected chi connectivity index (χ2v) is 9.08. The van der Waals surface area contributed by atoms with Crippen molar-refractivity contribution in [1.29, 1.82) is 0 Å². The van der Waals surface area contributed by atoms with Crippen LogP contribution in [0.5, 0.6) is 5.75 Å². The maximum Gasteiger partial charge on any atom is 0.195 e. The smallest absolute Gasteiger partial charge is 0.195 e. The fourth-order valence-electron chi connectivity index (χ4n) is 3.61. The first-order chi connectivity index (χ1) is 14.5. The van der Waals surface area contributed by atoms with Gasteiger partial charge in [-0.15, -0.1) is 22.9 Å². The van der Waals surface area contributed by atoms with Crippen LogP contribution in [-0.2, 0) is 0 Å². The summed E-state index contributed by atoms with van der Waals surface area (Å²) < 4.78 is 6.61. The van der Waals surface area contributed by atoms with Crippen molar-refractivity contribution in [2.75, 3.05) is 12.5 Å². The van der Waals surface area contributed by atoms with Gasteiger partial charge in [0.05, 0.1) is 5.88 Å². The second-order valence-electron chi connectivity index (χ2n) is 7.21. The molecule has 0 aliphatic heterocycles. The van der Waals surface area contributed by atoms with Crippen molar-refractivity contribution < 1.29 is 9.53 Å². The van der Waals surface area contributed by atoms with E-state index in [0.717, 1.165) is 37.4 Å². The van der Waals surface area contributed by atoms with E-state index < -0.39 is 0 Å². The van der Waals surface area contributed by atoms with Crippen molar-refractivity contribution in [2.24, 2.45) is 0 Å². The molecule has 0 saturated heterocycles. The number of hydrogen-bond acceptors (Lipinski definition) is 3. The highest BCUT2D eigenvalue weighted by molar-refractivity contribution is 7.22. The third-order valence-corrected chi connectivity index (χ3v) is 6.43. The van der Waals surface area contributed by atoms with Crippen LogP contribution in [0.3, 0.4) is 0 Å². The number of benzene rings is 3. The quantitative estimate of drug-likeness (QED) is 0.220. The molecule has 152 valence electrons. The van der Waals surface area contributed by atoms with Gasteiger partial charge >= 0.3 is 0 Å². The summed E-state index contributed by atoms with van der Waals surface area (Å²) in [6.45, 7) is 4.47.